The fourth-order valence-electron chi connectivity index (χ4n) is 2.59. The van der Waals surface area contributed by atoms with E-state index in [4.69, 9.17) is 10.5 Å². The maximum atomic E-state index is 11.5. The lowest BCUT2D eigenvalue weighted by molar-refractivity contribution is -0.129. The first-order valence-electron chi connectivity index (χ1n) is 6.51. The molecule has 0 aliphatic carbocycles. The van der Waals surface area contributed by atoms with Gasteiger partial charge in [0, 0.05) is 18.4 Å². The highest BCUT2D eigenvalue weighted by atomic mass is 16.6. The molecule has 7 nitrogen and oxygen atoms in total. The molecular formula is C13H16N4O3. The minimum atomic E-state index is -0.800. The van der Waals surface area contributed by atoms with Gasteiger partial charge >= 0.3 is 0 Å². The zero-order valence-corrected chi connectivity index (χ0v) is 11.1. The first kappa shape index (κ1) is 13.0. The third-order valence-electron chi connectivity index (χ3n) is 3.57. The topological polar surface area (TPSA) is 114 Å². The van der Waals surface area contributed by atoms with E-state index in [1.807, 2.05) is 0 Å². The number of H-pyrrole nitrogens is 1. The predicted octanol–water partition coefficient (Wildman–Crippen LogP) is 0.421. The van der Waals surface area contributed by atoms with E-state index >= 15 is 0 Å². The highest BCUT2D eigenvalue weighted by Gasteiger charge is 2.25. The number of aromatic nitrogens is 3. The van der Waals surface area contributed by atoms with Crippen molar-refractivity contribution in [3.8, 4) is 0 Å². The number of pyridine rings is 1. The summed E-state index contributed by atoms with van der Waals surface area (Å²) in [6.45, 7) is 2.26. The first-order valence-corrected chi connectivity index (χ1v) is 6.51. The minimum absolute atomic E-state index is 0.0190. The number of aromatic amines is 1. The molecule has 106 valence electrons. The van der Waals surface area contributed by atoms with Gasteiger partial charge < -0.3 is 20.6 Å². The molecule has 2 atom stereocenters. The minimum Gasteiger partial charge on any atom is -0.383 e. The van der Waals surface area contributed by atoms with Crippen molar-refractivity contribution in [2.24, 2.45) is 0 Å². The quantitative estimate of drug-likeness (QED) is 0.695. The van der Waals surface area contributed by atoms with Crippen molar-refractivity contribution in [3.05, 3.63) is 27.8 Å². The second-order valence-electron chi connectivity index (χ2n) is 5.05. The van der Waals surface area contributed by atoms with Crippen LogP contribution in [0.4, 0.5) is 5.82 Å². The molecule has 0 spiro atoms. The molecule has 2 unspecified atom stereocenters. The number of nitrogens with two attached hydrogens (primary N) is 1. The monoisotopic (exact) mass is 276 g/mol. The molecule has 20 heavy (non-hydrogen) atoms. The molecule has 1 aliphatic heterocycles. The number of rotatable bonds is 1. The number of ether oxygens (including phenoxy) is 1. The molecule has 1 fully saturated rings. The molecule has 7 heteroatoms. The smallest absolute Gasteiger partial charge is 0.249 e. The van der Waals surface area contributed by atoms with Crippen LogP contribution in [0.1, 0.15) is 30.1 Å². The van der Waals surface area contributed by atoms with Gasteiger partial charge in [-0.1, -0.05) is 0 Å². The van der Waals surface area contributed by atoms with Crippen LogP contribution in [0.25, 0.3) is 11.0 Å². The van der Waals surface area contributed by atoms with Gasteiger partial charge in [-0.2, -0.15) is 0 Å². The van der Waals surface area contributed by atoms with Crippen molar-refractivity contribution in [2.75, 3.05) is 12.3 Å². The maximum Gasteiger partial charge on any atom is 0.249 e. The lowest BCUT2D eigenvalue weighted by Crippen LogP contribution is -2.25. The van der Waals surface area contributed by atoms with Crippen LogP contribution < -0.4 is 11.3 Å². The number of anilines is 1. The molecule has 0 aromatic carbocycles. The van der Waals surface area contributed by atoms with Gasteiger partial charge in [0.2, 0.25) is 5.56 Å². The molecule has 0 saturated carbocycles. The van der Waals surface area contributed by atoms with Crippen LogP contribution in [-0.4, -0.2) is 33.0 Å². The van der Waals surface area contributed by atoms with Crippen molar-refractivity contribution in [3.63, 3.8) is 0 Å². The summed E-state index contributed by atoms with van der Waals surface area (Å²) >= 11 is 0. The summed E-state index contributed by atoms with van der Waals surface area (Å²) < 4.78 is 5.10. The number of nitrogens with one attached hydrogen (secondary N) is 1. The zero-order chi connectivity index (χ0) is 14.3. The Morgan fingerprint density at radius 1 is 1.50 bits per heavy atom. The number of aliphatic hydroxyl groups is 1. The summed E-state index contributed by atoms with van der Waals surface area (Å²) in [6, 6.07) is 1.47. The average molecular weight is 276 g/mol. The molecule has 0 bridgehead atoms. The largest absolute Gasteiger partial charge is 0.383 e. The summed E-state index contributed by atoms with van der Waals surface area (Å²) in [5.41, 5.74) is 6.96. The normalized spacial score (nSPS) is 23.1. The van der Waals surface area contributed by atoms with Crippen molar-refractivity contribution >= 4 is 16.9 Å². The van der Waals surface area contributed by atoms with E-state index in [0.29, 0.717) is 35.7 Å². The van der Waals surface area contributed by atoms with Crippen LogP contribution >= 0.6 is 0 Å². The molecule has 2 aromatic rings. The van der Waals surface area contributed by atoms with Gasteiger partial charge in [-0.15, -0.1) is 0 Å². The van der Waals surface area contributed by atoms with Crippen LogP contribution in [0.5, 0.6) is 0 Å². The molecule has 0 amide bonds. The highest BCUT2D eigenvalue weighted by Crippen LogP contribution is 2.29. The van der Waals surface area contributed by atoms with E-state index in [1.165, 1.54) is 6.07 Å². The standard InChI is InChI=1S/C13H16N4O3/c1-6-4-8(18)15-13-10(6)11(14)16-12(17-13)7-2-3-20-9(19)5-7/h4,7,9,19H,2-3,5H2,1H3,(H3,14,15,16,17,18). The first-order chi connectivity index (χ1) is 9.54. The van der Waals surface area contributed by atoms with Gasteiger partial charge in [0.1, 0.15) is 17.3 Å². The molecular weight excluding hydrogens is 260 g/mol. The summed E-state index contributed by atoms with van der Waals surface area (Å²) in [5.74, 6) is 0.868. The lowest BCUT2D eigenvalue weighted by atomic mass is 9.98. The van der Waals surface area contributed by atoms with Crippen molar-refractivity contribution in [1.82, 2.24) is 15.0 Å². The summed E-state index contributed by atoms with van der Waals surface area (Å²) in [7, 11) is 0. The molecule has 4 N–H and O–H groups in total. The number of nitrogen functional groups attached to an aromatic ring is 1. The van der Waals surface area contributed by atoms with Crippen LogP contribution in [0, 0.1) is 6.92 Å². The van der Waals surface area contributed by atoms with Gasteiger partial charge in [0.15, 0.2) is 6.29 Å². The number of aliphatic hydroxyl groups excluding tert-OH is 1. The Balaban J connectivity index is 2.11. The lowest BCUT2D eigenvalue weighted by Gasteiger charge is -2.25. The van der Waals surface area contributed by atoms with E-state index in [9.17, 15) is 9.90 Å². The predicted molar refractivity (Wildman–Crippen MR) is 73.2 cm³/mol. The van der Waals surface area contributed by atoms with Crippen molar-refractivity contribution < 1.29 is 9.84 Å². The zero-order valence-electron chi connectivity index (χ0n) is 11.1. The highest BCUT2D eigenvalue weighted by molar-refractivity contribution is 5.88. The summed E-state index contributed by atoms with van der Waals surface area (Å²) in [6.07, 6.45) is 0.352. The third-order valence-corrected chi connectivity index (χ3v) is 3.57. The average Bonchev–Trinajstić information content (AvgIpc) is 2.37. The Hall–Kier alpha value is -1.99. The van der Waals surface area contributed by atoms with Gasteiger partial charge in [-0.3, -0.25) is 4.79 Å². The van der Waals surface area contributed by atoms with Crippen LogP contribution in [0.2, 0.25) is 0 Å². The third kappa shape index (κ3) is 2.25. The van der Waals surface area contributed by atoms with E-state index in [2.05, 4.69) is 15.0 Å². The van der Waals surface area contributed by atoms with Crippen LogP contribution in [-0.2, 0) is 4.74 Å². The number of nitrogens with zero attached hydrogens (tertiary/aromatic N) is 2. The molecule has 3 rings (SSSR count). The fraction of sp³-hybridized carbons (Fsp3) is 0.462. The van der Waals surface area contributed by atoms with E-state index in [-0.39, 0.29) is 11.5 Å². The second kappa shape index (κ2) is 4.84. The Labute approximate surface area is 114 Å². The molecule has 2 aromatic heterocycles. The molecule has 1 saturated heterocycles. The Kier molecular flexibility index (Phi) is 3.15. The van der Waals surface area contributed by atoms with Crippen molar-refractivity contribution in [1.29, 1.82) is 0 Å². The number of fused-ring (bicyclic) bond motifs is 1. The number of aryl methyl sites for hydroxylation is 1. The van der Waals surface area contributed by atoms with Gasteiger partial charge in [0.25, 0.3) is 0 Å². The second-order valence-corrected chi connectivity index (χ2v) is 5.05. The van der Waals surface area contributed by atoms with E-state index < -0.39 is 6.29 Å². The van der Waals surface area contributed by atoms with Gasteiger partial charge in [-0.05, 0) is 18.9 Å². The molecule has 3 heterocycles. The Morgan fingerprint density at radius 3 is 3.05 bits per heavy atom. The Bertz CT molecular complexity index is 713. The number of hydrogen-bond donors (Lipinski definition) is 3. The van der Waals surface area contributed by atoms with Crippen LogP contribution in [0.15, 0.2) is 10.9 Å². The fourth-order valence-corrected chi connectivity index (χ4v) is 2.59. The summed E-state index contributed by atoms with van der Waals surface area (Å²) in [5, 5.41) is 10.2. The molecule has 1 aliphatic rings. The maximum absolute atomic E-state index is 11.5. The van der Waals surface area contributed by atoms with Gasteiger partial charge in [-0.25, -0.2) is 9.97 Å². The van der Waals surface area contributed by atoms with E-state index in [0.717, 1.165) is 12.0 Å². The van der Waals surface area contributed by atoms with Gasteiger partial charge in [0.05, 0.1) is 12.0 Å². The van der Waals surface area contributed by atoms with E-state index in [1.54, 1.807) is 6.92 Å². The SMILES string of the molecule is Cc1cc(=O)[nH]c2nc(C3CCOC(O)C3)nc(N)c12. The number of hydrogen-bond acceptors (Lipinski definition) is 6. The van der Waals surface area contributed by atoms with Crippen LogP contribution in [0.3, 0.4) is 0 Å². The summed E-state index contributed by atoms with van der Waals surface area (Å²) in [4.78, 5) is 23.0. The van der Waals surface area contributed by atoms with Crippen molar-refractivity contribution in [2.45, 2.75) is 32.0 Å². The molecule has 0 radical (unpaired) electrons. The Morgan fingerprint density at radius 2 is 2.30 bits per heavy atom.